The number of ether oxygens (including phenoxy) is 1. The highest BCUT2D eigenvalue weighted by Crippen LogP contribution is 2.50. The van der Waals surface area contributed by atoms with Gasteiger partial charge in [-0.15, -0.1) is 0 Å². The molecule has 0 saturated carbocycles. The number of allylic oxidation sites excluding steroid dienone is 2. The second kappa shape index (κ2) is 6.05. The minimum atomic E-state index is -3.95. The SMILES string of the molecule is CN1c2ccccc2C2=C([C@H](c3cccc(Cl)c3)C(C#N)=C(N)O2)S1(=O)=O. The molecule has 4 rings (SSSR count). The molecule has 2 N–H and O–H groups in total. The Hall–Kier alpha value is -2.95. The molecule has 6 nitrogen and oxygen atoms in total. The number of nitrogens with zero attached hydrogens (tertiary/aromatic N) is 2. The lowest BCUT2D eigenvalue weighted by molar-refractivity contribution is 0.357. The predicted molar refractivity (Wildman–Crippen MR) is 103 cm³/mol. The van der Waals surface area contributed by atoms with Gasteiger partial charge in [0.05, 0.1) is 11.6 Å². The van der Waals surface area contributed by atoms with Crippen LogP contribution in [0.1, 0.15) is 17.0 Å². The predicted octanol–water partition coefficient (Wildman–Crippen LogP) is 3.30. The zero-order valence-electron chi connectivity index (χ0n) is 14.2. The molecular formula is C19H14ClN3O3S. The monoisotopic (exact) mass is 399 g/mol. The molecular weight excluding hydrogens is 386 g/mol. The van der Waals surface area contributed by atoms with Crippen molar-refractivity contribution in [2.24, 2.45) is 5.73 Å². The van der Waals surface area contributed by atoms with Crippen molar-refractivity contribution in [1.82, 2.24) is 0 Å². The number of benzene rings is 2. The summed E-state index contributed by atoms with van der Waals surface area (Å²) in [5.41, 5.74) is 7.66. The van der Waals surface area contributed by atoms with E-state index in [1.807, 2.05) is 6.07 Å². The van der Waals surface area contributed by atoms with Crippen molar-refractivity contribution in [2.45, 2.75) is 5.92 Å². The molecule has 136 valence electrons. The minimum absolute atomic E-state index is 0.0169. The van der Waals surface area contributed by atoms with E-state index in [-0.39, 0.29) is 22.1 Å². The molecule has 1 atom stereocenters. The maximum absolute atomic E-state index is 13.3. The molecule has 0 fully saturated rings. The van der Waals surface area contributed by atoms with Crippen molar-refractivity contribution < 1.29 is 13.2 Å². The van der Waals surface area contributed by atoms with Crippen LogP contribution in [-0.4, -0.2) is 15.5 Å². The first-order valence-electron chi connectivity index (χ1n) is 8.02. The van der Waals surface area contributed by atoms with Crippen molar-refractivity contribution >= 4 is 33.1 Å². The summed E-state index contributed by atoms with van der Waals surface area (Å²) in [7, 11) is -2.48. The molecule has 0 radical (unpaired) electrons. The van der Waals surface area contributed by atoms with E-state index in [0.29, 0.717) is 21.8 Å². The Morgan fingerprint density at radius 2 is 1.96 bits per heavy atom. The number of halogens is 1. The zero-order valence-corrected chi connectivity index (χ0v) is 15.8. The summed E-state index contributed by atoms with van der Waals surface area (Å²) in [5, 5.41) is 10.1. The molecule has 0 aromatic heterocycles. The van der Waals surface area contributed by atoms with Crippen molar-refractivity contribution in [3.8, 4) is 6.07 Å². The number of rotatable bonds is 1. The molecule has 2 aliphatic rings. The van der Waals surface area contributed by atoms with Gasteiger partial charge in [-0.3, -0.25) is 4.31 Å². The van der Waals surface area contributed by atoms with Gasteiger partial charge in [-0.2, -0.15) is 5.26 Å². The second-order valence-electron chi connectivity index (χ2n) is 6.16. The number of nitrogens with two attached hydrogens (primary N) is 1. The Labute approximate surface area is 161 Å². The van der Waals surface area contributed by atoms with Crippen LogP contribution in [0.4, 0.5) is 5.69 Å². The number of hydrogen-bond donors (Lipinski definition) is 1. The average molecular weight is 400 g/mol. The maximum atomic E-state index is 13.3. The van der Waals surface area contributed by atoms with E-state index in [1.54, 1.807) is 48.5 Å². The van der Waals surface area contributed by atoms with E-state index in [2.05, 4.69) is 0 Å². The molecule has 2 aromatic carbocycles. The van der Waals surface area contributed by atoms with Gasteiger partial charge in [-0.1, -0.05) is 35.9 Å². The third-order valence-corrected chi connectivity index (χ3v) is 6.81. The van der Waals surface area contributed by atoms with Crippen LogP contribution in [0.15, 0.2) is 64.9 Å². The maximum Gasteiger partial charge on any atom is 0.264 e. The Balaban J connectivity index is 2.09. The molecule has 0 aliphatic carbocycles. The van der Waals surface area contributed by atoms with Crippen LogP contribution >= 0.6 is 11.6 Å². The molecule has 0 bridgehead atoms. The topological polar surface area (TPSA) is 96.4 Å². The molecule has 2 aliphatic heterocycles. The van der Waals surface area contributed by atoms with Gasteiger partial charge in [-0.05, 0) is 29.8 Å². The highest BCUT2D eigenvalue weighted by molar-refractivity contribution is 7.96. The smallest absolute Gasteiger partial charge is 0.264 e. The largest absolute Gasteiger partial charge is 0.439 e. The molecule has 0 unspecified atom stereocenters. The normalized spacial score (nSPS) is 20.5. The van der Waals surface area contributed by atoms with Gasteiger partial charge in [0.1, 0.15) is 16.5 Å². The molecule has 2 aromatic rings. The fourth-order valence-electron chi connectivity index (χ4n) is 3.41. The van der Waals surface area contributed by atoms with E-state index in [9.17, 15) is 13.7 Å². The van der Waals surface area contributed by atoms with Gasteiger partial charge >= 0.3 is 0 Å². The minimum Gasteiger partial charge on any atom is -0.439 e. The fraction of sp³-hybridized carbons (Fsp3) is 0.105. The fourth-order valence-corrected chi connectivity index (χ4v) is 5.26. The van der Waals surface area contributed by atoms with E-state index >= 15 is 0 Å². The van der Waals surface area contributed by atoms with Gasteiger partial charge in [0.25, 0.3) is 10.0 Å². The van der Waals surface area contributed by atoms with Crippen LogP contribution in [-0.2, 0) is 14.8 Å². The Kier molecular flexibility index (Phi) is 3.91. The van der Waals surface area contributed by atoms with E-state index in [4.69, 9.17) is 22.1 Å². The zero-order chi connectivity index (χ0) is 19.3. The summed E-state index contributed by atoms with van der Waals surface area (Å²) < 4.78 is 33.5. The molecule has 8 heteroatoms. The number of nitriles is 1. The van der Waals surface area contributed by atoms with Gasteiger partial charge < -0.3 is 10.5 Å². The van der Waals surface area contributed by atoms with Crippen LogP contribution in [0.2, 0.25) is 5.02 Å². The molecule has 2 heterocycles. The third kappa shape index (κ3) is 2.49. The van der Waals surface area contributed by atoms with E-state index in [0.717, 1.165) is 0 Å². The first kappa shape index (κ1) is 17.5. The lowest BCUT2D eigenvalue weighted by Crippen LogP contribution is -2.37. The van der Waals surface area contributed by atoms with Gasteiger partial charge in [0.2, 0.25) is 5.88 Å². The van der Waals surface area contributed by atoms with Gasteiger partial charge in [0.15, 0.2) is 5.76 Å². The number of hydrogen-bond acceptors (Lipinski definition) is 5. The Bertz CT molecular complexity index is 1180. The van der Waals surface area contributed by atoms with E-state index < -0.39 is 15.9 Å². The van der Waals surface area contributed by atoms with Crippen LogP contribution in [0.3, 0.4) is 0 Å². The molecule has 0 saturated heterocycles. The molecule has 27 heavy (non-hydrogen) atoms. The van der Waals surface area contributed by atoms with Crippen LogP contribution < -0.4 is 10.0 Å². The number of fused-ring (bicyclic) bond motifs is 2. The third-order valence-electron chi connectivity index (χ3n) is 4.68. The summed E-state index contributed by atoms with van der Waals surface area (Å²) in [5.74, 6) is -0.876. The summed E-state index contributed by atoms with van der Waals surface area (Å²) in [6.07, 6.45) is 0. The van der Waals surface area contributed by atoms with Crippen LogP contribution in [0, 0.1) is 11.3 Å². The highest BCUT2D eigenvalue weighted by Gasteiger charge is 2.46. The lowest BCUT2D eigenvalue weighted by Gasteiger charge is -2.36. The standard InChI is InChI=1S/C19H14ClN3O3S/c1-23-15-8-3-2-7-13(15)17-18(27(23,24)25)16(14(10-21)19(22)26-17)11-5-4-6-12(20)9-11/h2-9,16H,22H2,1H3/t16-/m1/s1. The van der Waals surface area contributed by atoms with Crippen LogP contribution in [0.5, 0.6) is 0 Å². The van der Waals surface area contributed by atoms with E-state index in [1.165, 1.54) is 11.4 Å². The Morgan fingerprint density at radius 1 is 1.22 bits per heavy atom. The lowest BCUT2D eigenvalue weighted by atomic mass is 9.88. The summed E-state index contributed by atoms with van der Waals surface area (Å²) >= 11 is 6.11. The van der Waals surface area contributed by atoms with Gasteiger partial charge in [-0.25, -0.2) is 8.42 Å². The second-order valence-corrected chi connectivity index (χ2v) is 8.54. The van der Waals surface area contributed by atoms with Crippen LogP contribution in [0.25, 0.3) is 5.76 Å². The average Bonchev–Trinajstić information content (AvgIpc) is 2.65. The first-order chi connectivity index (χ1) is 12.9. The molecule has 0 spiro atoms. The quantitative estimate of drug-likeness (QED) is 0.793. The molecule has 0 amide bonds. The first-order valence-corrected chi connectivity index (χ1v) is 9.83. The van der Waals surface area contributed by atoms with Crippen molar-refractivity contribution in [2.75, 3.05) is 11.4 Å². The number of sulfonamides is 1. The summed E-state index contributed by atoms with van der Waals surface area (Å²) in [6.45, 7) is 0. The van der Waals surface area contributed by atoms with Crippen molar-refractivity contribution in [3.63, 3.8) is 0 Å². The van der Waals surface area contributed by atoms with Crippen molar-refractivity contribution in [1.29, 1.82) is 5.26 Å². The summed E-state index contributed by atoms with van der Waals surface area (Å²) in [4.78, 5) is -0.0169. The van der Waals surface area contributed by atoms with Gasteiger partial charge in [0, 0.05) is 17.6 Å². The number of para-hydroxylation sites is 1. The number of anilines is 1. The summed E-state index contributed by atoms with van der Waals surface area (Å²) in [6, 6.07) is 15.7. The Morgan fingerprint density at radius 3 is 2.67 bits per heavy atom. The van der Waals surface area contributed by atoms with Crippen molar-refractivity contribution in [3.05, 3.63) is 81.0 Å². The highest BCUT2D eigenvalue weighted by atomic mass is 35.5.